The van der Waals surface area contributed by atoms with Crippen LogP contribution in [0.25, 0.3) is 0 Å². The molecule has 1 N–H and O–H groups in total. The van der Waals surface area contributed by atoms with Gasteiger partial charge in [-0.2, -0.15) is 0 Å². The summed E-state index contributed by atoms with van der Waals surface area (Å²) < 4.78 is 27.0. The first-order valence-corrected chi connectivity index (χ1v) is 6.82. The number of halogens is 3. The van der Waals surface area contributed by atoms with Crippen molar-refractivity contribution in [3.63, 3.8) is 0 Å². The highest BCUT2D eigenvalue weighted by molar-refractivity contribution is 6.30. The average Bonchev–Trinajstić information content (AvgIpc) is 2.42. The second kappa shape index (κ2) is 6.33. The maximum absolute atomic E-state index is 13.7. The largest absolute Gasteiger partial charge is 0.304 e. The molecule has 0 spiro atoms. The van der Waals surface area contributed by atoms with Crippen molar-refractivity contribution in [1.82, 2.24) is 5.32 Å². The maximum Gasteiger partial charge on any atom is 0.163 e. The van der Waals surface area contributed by atoms with Gasteiger partial charge in [0.2, 0.25) is 0 Å². The molecule has 2 rings (SSSR count). The highest BCUT2D eigenvalue weighted by Gasteiger charge is 2.16. The number of nitrogens with one attached hydrogen (secondary N) is 1. The predicted octanol–water partition coefficient (Wildman–Crippen LogP) is 5.03. The van der Waals surface area contributed by atoms with E-state index in [0.717, 1.165) is 11.6 Å². The highest BCUT2D eigenvalue weighted by Crippen LogP contribution is 2.23. The van der Waals surface area contributed by atoms with E-state index in [1.54, 1.807) is 6.07 Å². The second-order valence-electron chi connectivity index (χ2n) is 4.80. The third-order valence-electron chi connectivity index (χ3n) is 3.32. The molecule has 0 amide bonds. The lowest BCUT2D eigenvalue weighted by atomic mass is 10.0. The van der Waals surface area contributed by atoms with Gasteiger partial charge in [-0.15, -0.1) is 0 Å². The lowest BCUT2D eigenvalue weighted by Crippen LogP contribution is -2.23. The van der Waals surface area contributed by atoms with Crippen molar-refractivity contribution in [2.75, 3.05) is 0 Å². The summed E-state index contributed by atoms with van der Waals surface area (Å²) >= 11 is 5.84. The van der Waals surface area contributed by atoms with Crippen molar-refractivity contribution in [3.8, 4) is 0 Å². The molecule has 0 fully saturated rings. The van der Waals surface area contributed by atoms with Gasteiger partial charge < -0.3 is 5.32 Å². The van der Waals surface area contributed by atoms with Crippen LogP contribution >= 0.6 is 11.6 Å². The molecular weight excluding hydrogens is 280 g/mol. The Hall–Kier alpha value is -1.45. The van der Waals surface area contributed by atoms with E-state index in [0.29, 0.717) is 10.6 Å². The van der Waals surface area contributed by atoms with Crippen molar-refractivity contribution >= 4 is 11.6 Å². The molecular formula is C16H16ClF2N. The molecule has 2 unspecified atom stereocenters. The Morgan fingerprint density at radius 1 is 0.950 bits per heavy atom. The average molecular weight is 296 g/mol. The van der Waals surface area contributed by atoms with Gasteiger partial charge in [-0.05, 0) is 37.6 Å². The second-order valence-corrected chi connectivity index (χ2v) is 5.24. The molecule has 0 saturated carbocycles. The quantitative estimate of drug-likeness (QED) is 0.834. The van der Waals surface area contributed by atoms with Crippen LogP contribution < -0.4 is 5.32 Å². The minimum Gasteiger partial charge on any atom is -0.304 e. The first-order chi connectivity index (χ1) is 9.49. The minimum absolute atomic E-state index is 0.00457. The van der Waals surface area contributed by atoms with E-state index in [9.17, 15) is 8.78 Å². The van der Waals surface area contributed by atoms with Gasteiger partial charge in [0.1, 0.15) is 0 Å². The summed E-state index contributed by atoms with van der Waals surface area (Å²) in [6, 6.07) is 11.4. The van der Waals surface area contributed by atoms with E-state index in [-0.39, 0.29) is 12.1 Å². The Balaban J connectivity index is 2.13. The van der Waals surface area contributed by atoms with Gasteiger partial charge >= 0.3 is 0 Å². The third-order valence-corrected chi connectivity index (χ3v) is 3.57. The molecule has 0 heterocycles. The van der Waals surface area contributed by atoms with Crippen molar-refractivity contribution in [1.29, 1.82) is 0 Å². The van der Waals surface area contributed by atoms with Crippen LogP contribution in [0.3, 0.4) is 0 Å². The van der Waals surface area contributed by atoms with Gasteiger partial charge in [-0.3, -0.25) is 0 Å². The SMILES string of the molecule is CC(NC(C)c1cccc(F)c1F)c1ccc(Cl)cc1. The standard InChI is InChI=1S/C16H16ClF2N/c1-10(12-6-8-13(17)9-7-12)20-11(2)14-4-3-5-15(18)16(14)19/h3-11,20H,1-2H3. The van der Waals surface area contributed by atoms with Crippen molar-refractivity contribution < 1.29 is 8.78 Å². The van der Waals surface area contributed by atoms with Crippen molar-refractivity contribution in [3.05, 3.63) is 70.2 Å². The van der Waals surface area contributed by atoms with Crippen LogP contribution in [0.2, 0.25) is 5.02 Å². The number of hydrogen-bond acceptors (Lipinski definition) is 1. The zero-order chi connectivity index (χ0) is 14.7. The molecule has 4 heteroatoms. The molecule has 0 aliphatic carbocycles. The normalized spacial score (nSPS) is 14.1. The molecule has 0 saturated heterocycles. The summed E-state index contributed by atoms with van der Waals surface area (Å²) in [4.78, 5) is 0. The van der Waals surface area contributed by atoms with Gasteiger partial charge in [0.05, 0.1) is 0 Å². The Morgan fingerprint density at radius 3 is 2.25 bits per heavy atom. The summed E-state index contributed by atoms with van der Waals surface area (Å²) in [7, 11) is 0. The Bertz CT molecular complexity index is 584. The van der Waals surface area contributed by atoms with Crippen LogP contribution in [0.1, 0.15) is 37.1 Å². The topological polar surface area (TPSA) is 12.0 Å². The van der Waals surface area contributed by atoms with Crippen molar-refractivity contribution in [2.24, 2.45) is 0 Å². The molecule has 2 aromatic carbocycles. The third kappa shape index (κ3) is 3.35. The van der Waals surface area contributed by atoms with Gasteiger partial charge in [0.15, 0.2) is 11.6 Å². The van der Waals surface area contributed by atoms with Crippen LogP contribution in [-0.4, -0.2) is 0 Å². The number of rotatable bonds is 4. The predicted molar refractivity (Wildman–Crippen MR) is 77.8 cm³/mol. The van der Waals surface area contributed by atoms with Gasteiger partial charge in [0, 0.05) is 22.7 Å². The lowest BCUT2D eigenvalue weighted by Gasteiger charge is -2.21. The summed E-state index contributed by atoms with van der Waals surface area (Å²) in [6.07, 6.45) is 0. The fourth-order valence-corrected chi connectivity index (χ4v) is 2.29. The van der Waals surface area contributed by atoms with E-state index in [2.05, 4.69) is 5.32 Å². The number of benzene rings is 2. The lowest BCUT2D eigenvalue weighted by molar-refractivity contribution is 0.449. The fourth-order valence-electron chi connectivity index (χ4n) is 2.17. The smallest absolute Gasteiger partial charge is 0.163 e. The molecule has 1 nitrogen and oxygen atoms in total. The monoisotopic (exact) mass is 295 g/mol. The molecule has 0 aliphatic heterocycles. The van der Waals surface area contributed by atoms with Crippen LogP contribution in [0.15, 0.2) is 42.5 Å². The highest BCUT2D eigenvalue weighted by atomic mass is 35.5. The van der Waals surface area contributed by atoms with E-state index in [4.69, 9.17) is 11.6 Å². The number of hydrogen-bond donors (Lipinski definition) is 1. The zero-order valence-electron chi connectivity index (χ0n) is 11.3. The van der Waals surface area contributed by atoms with E-state index < -0.39 is 11.6 Å². The fraction of sp³-hybridized carbons (Fsp3) is 0.250. The Morgan fingerprint density at radius 2 is 1.60 bits per heavy atom. The molecule has 0 bridgehead atoms. The van der Waals surface area contributed by atoms with E-state index in [1.807, 2.05) is 38.1 Å². The van der Waals surface area contributed by atoms with Crippen LogP contribution in [0.4, 0.5) is 8.78 Å². The molecule has 0 aromatic heterocycles. The molecule has 2 atom stereocenters. The van der Waals surface area contributed by atoms with Crippen molar-refractivity contribution in [2.45, 2.75) is 25.9 Å². The molecule has 20 heavy (non-hydrogen) atoms. The Kier molecular flexibility index (Phi) is 4.73. The molecule has 0 radical (unpaired) electrons. The van der Waals surface area contributed by atoms with Gasteiger partial charge in [0.25, 0.3) is 0 Å². The maximum atomic E-state index is 13.7. The summed E-state index contributed by atoms with van der Waals surface area (Å²) in [5.41, 5.74) is 1.36. The summed E-state index contributed by atoms with van der Waals surface area (Å²) in [5, 5.41) is 3.92. The van der Waals surface area contributed by atoms with E-state index >= 15 is 0 Å². The van der Waals surface area contributed by atoms with E-state index in [1.165, 1.54) is 6.07 Å². The first-order valence-electron chi connectivity index (χ1n) is 6.44. The van der Waals surface area contributed by atoms with Gasteiger partial charge in [-0.1, -0.05) is 35.9 Å². The molecule has 2 aromatic rings. The minimum atomic E-state index is -0.824. The Labute approximate surface area is 122 Å². The summed E-state index contributed by atoms with van der Waals surface area (Å²) in [6.45, 7) is 3.78. The zero-order valence-corrected chi connectivity index (χ0v) is 12.1. The van der Waals surface area contributed by atoms with Crippen LogP contribution in [-0.2, 0) is 0 Å². The summed E-state index contributed by atoms with van der Waals surface area (Å²) in [5.74, 6) is -1.62. The molecule has 106 valence electrons. The van der Waals surface area contributed by atoms with Crippen LogP contribution in [0, 0.1) is 11.6 Å². The first kappa shape index (κ1) is 14.9. The van der Waals surface area contributed by atoms with Crippen LogP contribution in [0.5, 0.6) is 0 Å². The molecule has 0 aliphatic rings. The van der Waals surface area contributed by atoms with Gasteiger partial charge in [-0.25, -0.2) is 8.78 Å².